The van der Waals surface area contributed by atoms with Crippen molar-refractivity contribution in [3.05, 3.63) is 52.5 Å². The first-order valence-electron chi connectivity index (χ1n) is 9.83. The van der Waals surface area contributed by atoms with Crippen molar-refractivity contribution in [3.63, 3.8) is 0 Å². The van der Waals surface area contributed by atoms with Gasteiger partial charge in [-0.3, -0.25) is 19.2 Å². The molecule has 0 spiro atoms. The van der Waals surface area contributed by atoms with Gasteiger partial charge in [0.25, 0.3) is 5.91 Å². The topological polar surface area (TPSA) is 111 Å². The molecule has 2 fully saturated rings. The molecule has 2 saturated heterocycles. The molecular weight excluding hydrogens is 438 g/mol. The third-order valence-electron chi connectivity index (χ3n) is 5.64. The number of rotatable bonds is 6. The maximum atomic E-state index is 13.5. The maximum Gasteiger partial charge on any atom is 0.265 e. The van der Waals surface area contributed by atoms with Crippen molar-refractivity contribution in [2.45, 2.75) is 19.1 Å². The first-order valence-corrected chi connectivity index (χ1v) is 10.2. The highest BCUT2D eigenvalue weighted by Crippen LogP contribution is 2.47. The number of nitrogens with two attached hydrogens (primary N) is 1. The monoisotopic (exact) mass is 459 g/mol. The average molecular weight is 460 g/mol. The molecule has 3 atom stereocenters. The summed E-state index contributed by atoms with van der Waals surface area (Å²) in [7, 11) is 3.00. The fourth-order valence-corrected chi connectivity index (χ4v) is 4.28. The second-order valence-corrected chi connectivity index (χ2v) is 8.04. The van der Waals surface area contributed by atoms with Gasteiger partial charge in [-0.15, -0.1) is 0 Å². The molecule has 3 amide bonds. The molecule has 2 aromatic carbocycles. The summed E-state index contributed by atoms with van der Waals surface area (Å²) in [6, 6.07) is 9.28. The zero-order chi connectivity index (χ0) is 23.2. The van der Waals surface area contributed by atoms with E-state index in [1.165, 1.54) is 19.3 Å². The van der Waals surface area contributed by atoms with Crippen LogP contribution in [0.25, 0.3) is 0 Å². The molecule has 168 valence electrons. The second-order valence-electron chi connectivity index (χ2n) is 7.63. The van der Waals surface area contributed by atoms with Gasteiger partial charge in [-0.1, -0.05) is 17.7 Å². The normalized spacial score (nSPS) is 22.9. The van der Waals surface area contributed by atoms with Crippen molar-refractivity contribution in [3.8, 4) is 11.5 Å². The molecule has 2 aliphatic rings. The van der Waals surface area contributed by atoms with Crippen molar-refractivity contribution in [1.29, 1.82) is 0 Å². The number of fused-ring (bicyclic) bond motifs is 1. The van der Waals surface area contributed by atoms with Crippen LogP contribution < -0.4 is 20.1 Å². The second kappa shape index (κ2) is 8.42. The lowest BCUT2D eigenvalue weighted by Gasteiger charge is -2.27. The van der Waals surface area contributed by atoms with Crippen LogP contribution in [0.1, 0.15) is 17.2 Å². The van der Waals surface area contributed by atoms with E-state index in [0.29, 0.717) is 27.8 Å². The average Bonchev–Trinajstić information content (AvgIpc) is 3.24. The number of ether oxygens (including phenoxy) is 2. The van der Waals surface area contributed by atoms with Gasteiger partial charge < -0.3 is 15.2 Å². The molecule has 10 heteroatoms. The number of anilines is 1. The Balaban J connectivity index is 1.78. The molecule has 0 bridgehead atoms. The third-order valence-corrected chi connectivity index (χ3v) is 6.04. The Morgan fingerprint density at radius 3 is 2.31 bits per heavy atom. The number of carbonyl (C=O) groups is 3. The number of nitrogens with zero attached hydrogens (tertiary/aromatic N) is 2. The Bertz CT molecular complexity index is 1080. The fraction of sp³-hybridized carbons (Fsp3) is 0.318. The van der Waals surface area contributed by atoms with Crippen LogP contribution >= 0.6 is 11.6 Å². The summed E-state index contributed by atoms with van der Waals surface area (Å²) >= 11 is 6.21. The lowest BCUT2D eigenvalue weighted by atomic mass is 9.90. The lowest BCUT2D eigenvalue weighted by Crippen LogP contribution is -2.40. The van der Waals surface area contributed by atoms with Crippen molar-refractivity contribution in [2.24, 2.45) is 11.7 Å². The first-order chi connectivity index (χ1) is 15.2. The Kier molecular flexibility index (Phi) is 5.81. The molecule has 0 radical (unpaired) electrons. The van der Waals surface area contributed by atoms with Crippen molar-refractivity contribution in [1.82, 2.24) is 5.06 Å². The summed E-state index contributed by atoms with van der Waals surface area (Å²) in [5.41, 5.74) is 7.15. The standard InChI is InChI=1S/C22H22ClN3O6/c1-11-4-5-13(8-16(11)23)26-21(28)18-19(12-6-14(30-2)9-15(7-12)31-3)25(10-17(24)27)32-20(18)22(26)29/h4-9,18-20H,10H2,1-3H3,(H2,24,27). The van der Waals surface area contributed by atoms with E-state index >= 15 is 0 Å². The minimum absolute atomic E-state index is 0.298. The van der Waals surface area contributed by atoms with Gasteiger partial charge in [0.2, 0.25) is 11.8 Å². The smallest absolute Gasteiger partial charge is 0.265 e. The number of carbonyl (C=O) groups excluding carboxylic acids is 3. The zero-order valence-electron chi connectivity index (χ0n) is 17.7. The predicted molar refractivity (Wildman–Crippen MR) is 115 cm³/mol. The van der Waals surface area contributed by atoms with E-state index in [0.717, 1.165) is 10.5 Å². The Labute approximate surface area is 189 Å². The molecule has 0 saturated carbocycles. The van der Waals surface area contributed by atoms with Crippen molar-refractivity contribution < 1.29 is 28.7 Å². The summed E-state index contributed by atoms with van der Waals surface area (Å²) in [5.74, 6) is -1.59. The predicted octanol–water partition coefficient (Wildman–Crippen LogP) is 2.00. The van der Waals surface area contributed by atoms with Crippen molar-refractivity contribution in [2.75, 3.05) is 25.7 Å². The minimum atomic E-state index is -1.11. The van der Waals surface area contributed by atoms with E-state index in [2.05, 4.69) is 0 Å². The van der Waals surface area contributed by atoms with Gasteiger partial charge in [0.15, 0.2) is 6.10 Å². The van der Waals surface area contributed by atoms with Gasteiger partial charge in [0.05, 0.1) is 31.9 Å². The fourth-order valence-electron chi connectivity index (χ4n) is 4.11. The van der Waals surface area contributed by atoms with Crippen molar-refractivity contribution >= 4 is 35.0 Å². The van der Waals surface area contributed by atoms with E-state index in [1.54, 1.807) is 36.4 Å². The number of primary amides is 1. The number of hydroxylamine groups is 2. The molecule has 9 nitrogen and oxygen atoms in total. The molecule has 32 heavy (non-hydrogen) atoms. The van der Waals surface area contributed by atoms with E-state index in [4.69, 9.17) is 31.6 Å². The molecule has 0 aromatic heterocycles. The van der Waals surface area contributed by atoms with Gasteiger partial charge >= 0.3 is 0 Å². The van der Waals surface area contributed by atoms with Crippen LogP contribution in [0.3, 0.4) is 0 Å². The van der Waals surface area contributed by atoms with Gasteiger partial charge in [0, 0.05) is 11.1 Å². The number of amides is 3. The SMILES string of the molecule is COc1cc(OC)cc(C2C3C(=O)N(c4ccc(C)c(Cl)c4)C(=O)C3ON2CC(N)=O)c1. The number of hydrogen-bond acceptors (Lipinski definition) is 7. The summed E-state index contributed by atoms with van der Waals surface area (Å²) in [5, 5.41) is 1.71. The molecule has 0 aliphatic carbocycles. The molecule has 2 heterocycles. The zero-order valence-corrected chi connectivity index (χ0v) is 18.5. The van der Waals surface area contributed by atoms with Crippen LogP contribution in [0.5, 0.6) is 11.5 Å². The molecular formula is C22H22ClN3O6. The van der Waals surface area contributed by atoms with Crippen LogP contribution in [0.2, 0.25) is 5.02 Å². The van der Waals surface area contributed by atoms with Crippen LogP contribution in [-0.4, -0.2) is 49.7 Å². The number of halogens is 1. The Hall–Kier alpha value is -3.14. The van der Waals surface area contributed by atoms with Gasteiger partial charge in [-0.25, -0.2) is 4.90 Å². The highest BCUT2D eigenvalue weighted by molar-refractivity contribution is 6.32. The van der Waals surface area contributed by atoms with Gasteiger partial charge in [-0.2, -0.15) is 5.06 Å². The molecule has 3 unspecified atom stereocenters. The lowest BCUT2D eigenvalue weighted by molar-refractivity contribution is -0.175. The van der Waals surface area contributed by atoms with Crippen LogP contribution in [0.15, 0.2) is 36.4 Å². The van der Waals surface area contributed by atoms with Gasteiger partial charge in [-0.05, 0) is 42.3 Å². The highest BCUT2D eigenvalue weighted by Gasteiger charge is 2.60. The van der Waals surface area contributed by atoms with Crippen LogP contribution in [0.4, 0.5) is 5.69 Å². The van der Waals surface area contributed by atoms with Crippen LogP contribution in [0, 0.1) is 12.8 Å². The number of hydrogen-bond donors (Lipinski definition) is 1. The number of imide groups is 1. The summed E-state index contributed by atoms with van der Waals surface area (Å²) in [6.07, 6.45) is -1.11. The summed E-state index contributed by atoms with van der Waals surface area (Å²) < 4.78 is 10.7. The van der Waals surface area contributed by atoms with E-state index in [1.807, 2.05) is 6.92 Å². The Morgan fingerprint density at radius 2 is 1.75 bits per heavy atom. The highest BCUT2D eigenvalue weighted by atomic mass is 35.5. The minimum Gasteiger partial charge on any atom is -0.497 e. The number of methoxy groups -OCH3 is 2. The number of benzene rings is 2. The molecule has 2 aromatic rings. The quantitative estimate of drug-likeness (QED) is 0.657. The van der Waals surface area contributed by atoms with Crippen LogP contribution in [-0.2, 0) is 19.2 Å². The molecule has 2 aliphatic heterocycles. The first kappa shape index (κ1) is 22.1. The third kappa shape index (κ3) is 3.68. The largest absolute Gasteiger partial charge is 0.497 e. The van der Waals surface area contributed by atoms with E-state index in [9.17, 15) is 14.4 Å². The maximum absolute atomic E-state index is 13.5. The molecule has 4 rings (SSSR count). The van der Waals surface area contributed by atoms with Gasteiger partial charge in [0.1, 0.15) is 18.0 Å². The summed E-state index contributed by atoms with van der Waals surface area (Å²) in [6.45, 7) is 1.53. The summed E-state index contributed by atoms with van der Waals surface area (Å²) in [4.78, 5) is 45.2. The van der Waals surface area contributed by atoms with E-state index < -0.39 is 35.8 Å². The Morgan fingerprint density at radius 1 is 1.09 bits per heavy atom. The van der Waals surface area contributed by atoms with E-state index in [-0.39, 0.29) is 6.54 Å². The number of aryl methyl sites for hydroxylation is 1. The molecule has 2 N–H and O–H groups in total.